The van der Waals surface area contributed by atoms with Crippen molar-refractivity contribution in [3.8, 4) is 11.8 Å². The van der Waals surface area contributed by atoms with Gasteiger partial charge < -0.3 is 24.3 Å². The van der Waals surface area contributed by atoms with Gasteiger partial charge in [0.2, 0.25) is 0 Å². The number of fused-ring (bicyclic) bond motifs is 1. The molecule has 2 aliphatic rings. The molecule has 2 unspecified atom stereocenters. The Labute approximate surface area is 201 Å². The summed E-state index contributed by atoms with van der Waals surface area (Å²) in [5.74, 6) is 8.92. The van der Waals surface area contributed by atoms with Crippen LogP contribution in [0.4, 0.5) is 4.79 Å². The monoisotopic (exact) mass is 465 g/mol. The number of nitrogens with one attached hydrogen (secondary N) is 1. The number of ether oxygens (including phenoxy) is 4. The van der Waals surface area contributed by atoms with Gasteiger partial charge in [-0.2, -0.15) is 0 Å². The van der Waals surface area contributed by atoms with Crippen molar-refractivity contribution >= 4 is 6.09 Å². The highest BCUT2D eigenvalue weighted by Gasteiger charge is 2.49. The second-order valence-corrected chi connectivity index (χ2v) is 11.6. The van der Waals surface area contributed by atoms with Crippen molar-refractivity contribution in [2.45, 2.75) is 104 Å². The van der Waals surface area contributed by atoms with Gasteiger partial charge in [0, 0.05) is 26.0 Å². The van der Waals surface area contributed by atoms with E-state index in [0.29, 0.717) is 32.3 Å². The number of carbonyl (C=O) groups excluding carboxylic acids is 1. The summed E-state index contributed by atoms with van der Waals surface area (Å²) in [7, 11) is 0. The first kappa shape index (κ1) is 28.0. The second-order valence-electron chi connectivity index (χ2n) is 11.6. The fraction of sp³-hybridized carbons (Fsp3) is 0.889. The molecule has 0 aliphatic heterocycles. The van der Waals surface area contributed by atoms with E-state index >= 15 is 0 Å². The van der Waals surface area contributed by atoms with Crippen LogP contribution in [0.3, 0.4) is 0 Å². The largest absolute Gasteiger partial charge is 0.444 e. The molecular weight excluding hydrogens is 418 g/mol. The molecule has 2 aliphatic carbocycles. The van der Waals surface area contributed by atoms with Crippen molar-refractivity contribution in [2.75, 3.05) is 33.0 Å². The molecular formula is C27H47NO5. The lowest BCUT2D eigenvalue weighted by molar-refractivity contribution is -0.0832. The summed E-state index contributed by atoms with van der Waals surface area (Å²) in [5.41, 5.74) is -0.943. The Kier molecular flexibility index (Phi) is 10.5. The summed E-state index contributed by atoms with van der Waals surface area (Å²) >= 11 is 0. The van der Waals surface area contributed by atoms with Gasteiger partial charge in [-0.25, -0.2) is 4.79 Å². The average molecular weight is 466 g/mol. The van der Waals surface area contributed by atoms with Crippen LogP contribution in [0.5, 0.6) is 0 Å². The van der Waals surface area contributed by atoms with Gasteiger partial charge in [-0.1, -0.05) is 0 Å². The van der Waals surface area contributed by atoms with Crippen molar-refractivity contribution in [3.63, 3.8) is 0 Å². The average Bonchev–Trinajstić information content (AvgIpc) is 3.30. The molecule has 6 nitrogen and oxygen atoms in total. The van der Waals surface area contributed by atoms with E-state index in [9.17, 15) is 4.79 Å². The first-order chi connectivity index (χ1) is 15.4. The van der Waals surface area contributed by atoms with E-state index in [4.69, 9.17) is 18.9 Å². The van der Waals surface area contributed by atoms with Crippen molar-refractivity contribution < 1.29 is 23.7 Å². The third-order valence-corrected chi connectivity index (χ3v) is 6.47. The van der Waals surface area contributed by atoms with Gasteiger partial charge >= 0.3 is 6.09 Å². The zero-order valence-corrected chi connectivity index (χ0v) is 22.1. The molecule has 0 aromatic carbocycles. The van der Waals surface area contributed by atoms with Crippen molar-refractivity contribution in [1.82, 2.24) is 5.32 Å². The van der Waals surface area contributed by atoms with Crippen LogP contribution in [0.2, 0.25) is 0 Å². The van der Waals surface area contributed by atoms with Gasteiger partial charge in [-0.3, -0.25) is 0 Å². The van der Waals surface area contributed by atoms with Crippen LogP contribution >= 0.6 is 0 Å². The number of hydrogen-bond acceptors (Lipinski definition) is 5. The van der Waals surface area contributed by atoms with Crippen LogP contribution < -0.4 is 5.32 Å². The molecule has 1 amide bonds. The summed E-state index contributed by atoms with van der Waals surface area (Å²) in [6.07, 6.45) is 5.81. The van der Waals surface area contributed by atoms with Crippen LogP contribution in [0, 0.1) is 29.6 Å². The quantitative estimate of drug-likeness (QED) is 0.294. The smallest absolute Gasteiger partial charge is 0.407 e. The Morgan fingerprint density at radius 3 is 2.03 bits per heavy atom. The van der Waals surface area contributed by atoms with E-state index in [1.807, 2.05) is 20.8 Å². The minimum absolute atomic E-state index is 0.186. The Hall–Kier alpha value is -1.29. The van der Waals surface area contributed by atoms with Crippen LogP contribution in [0.1, 0.15) is 87.0 Å². The molecule has 0 spiro atoms. The summed E-state index contributed by atoms with van der Waals surface area (Å²) in [6, 6.07) is 0. The lowest BCUT2D eigenvalue weighted by Gasteiger charge is -2.30. The normalized spacial score (nSPS) is 22.9. The highest BCUT2D eigenvalue weighted by Crippen LogP contribution is 2.52. The minimum atomic E-state index is -0.490. The molecule has 2 atom stereocenters. The fourth-order valence-corrected chi connectivity index (χ4v) is 4.28. The second kappa shape index (κ2) is 12.4. The molecule has 33 heavy (non-hydrogen) atoms. The molecule has 0 heterocycles. The zero-order valence-electron chi connectivity index (χ0n) is 22.1. The summed E-state index contributed by atoms with van der Waals surface area (Å²) in [6.45, 7) is 17.0. The molecule has 190 valence electrons. The molecule has 0 aromatic rings. The molecule has 0 radical (unpaired) electrons. The lowest BCUT2D eigenvalue weighted by Crippen LogP contribution is -2.34. The number of amides is 1. The van der Waals surface area contributed by atoms with Crippen molar-refractivity contribution in [2.24, 2.45) is 17.8 Å². The highest BCUT2D eigenvalue weighted by atomic mass is 16.6. The molecule has 1 saturated carbocycles. The number of hydrogen-bond donors (Lipinski definition) is 1. The molecule has 0 bridgehead atoms. The lowest BCUT2D eigenvalue weighted by atomic mass is 10.0. The Morgan fingerprint density at radius 1 is 0.848 bits per heavy atom. The van der Waals surface area contributed by atoms with E-state index in [1.54, 1.807) is 0 Å². The minimum Gasteiger partial charge on any atom is -0.444 e. The van der Waals surface area contributed by atoms with E-state index in [1.165, 1.54) is 12.8 Å². The van der Waals surface area contributed by atoms with Crippen LogP contribution in [-0.4, -0.2) is 55.9 Å². The Bertz CT molecular complexity index is 652. The maximum atomic E-state index is 11.6. The van der Waals surface area contributed by atoms with Crippen LogP contribution in [-0.2, 0) is 18.9 Å². The molecule has 0 saturated heterocycles. The van der Waals surface area contributed by atoms with Gasteiger partial charge in [0.1, 0.15) is 5.60 Å². The Morgan fingerprint density at radius 2 is 1.42 bits per heavy atom. The van der Waals surface area contributed by atoms with Gasteiger partial charge in [0.05, 0.1) is 31.0 Å². The van der Waals surface area contributed by atoms with Gasteiger partial charge in [0.25, 0.3) is 0 Å². The van der Waals surface area contributed by atoms with E-state index < -0.39 is 11.7 Å². The van der Waals surface area contributed by atoms with Gasteiger partial charge in [-0.05, 0) is 91.9 Å². The first-order valence-corrected chi connectivity index (χ1v) is 12.7. The topological polar surface area (TPSA) is 66.0 Å². The molecule has 0 aromatic heterocycles. The maximum Gasteiger partial charge on any atom is 0.407 e. The van der Waals surface area contributed by atoms with E-state index in [2.05, 4.69) is 44.9 Å². The maximum absolute atomic E-state index is 11.6. The van der Waals surface area contributed by atoms with E-state index in [0.717, 1.165) is 44.1 Å². The van der Waals surface area contributed by atoms with Crippen molar-refractivity contribution in [1.29, 1.82) is 0 Å². The third-order valence-electron chi connectivity index (χ3n) is 6.47. The SMILES string of the molecule is CC(C)(C)OC(=O)NCCOCCC(C)(C)OCCC(C)(C)OCC1C2CCC#CCCC21. The number of carbonyl (C=O) groups is 1. The fourth-order valence-electron chi connectivity index (χ4n) is 4.28. The standard InChI is InChI=1S/C27H47NO5/c1-25(2,3)33-24(29)28-16-19-30-17-14-26(4,5)31-18-15-27(6,7)32-20-23-21-12-10-8-9-11-13-22(21)23/h21-23H,10-20H2,1-7H3,(H,28,29). The van der Waals surface area contributed by atoms with Crippen molar-refractivity contribution in [3.05, 3.63) is 0 Å². The van der Waals surface area contributed by atoms with Gasteiger partial charge in [-0.15, -0.1) is 11.8 Å². The molecule has 2 rings (SSSR count). The molecule has 1 N–H and O–H groups in total. The summed E-state index contributed by atoms with van der Waals surface area (Å²) < 4.78 is 23.3. The zero-order chi connectivity index (χ0) is 24.5. The van der Waals surface area contributed by atoms with Gasteiger partial charge in [0.15, 0.2) is 0 Å². The van der Waals surface area contributed by atoms with Crippen LogP contribution in [0.25, 0.3) is 0 Å². The highest BCUT2D eigenvalue weighted by molar-refractivity contribution is 5.67. The molecule has 1 fully saturated rings. The predicted molar refractivity (Wildman–Crippen MR) is 131 cm³/mol. The van der Waals surface area contributed by atoms with Crippen LogP contribution in [0.15, 0.2) is 0 Å². The molecule has 6 heteroatoms. The summed E-state index contributed by atoms with van der Waals surface area (Å²) in [5, 5.41) is 2.70. The Balaban J connectivity index is 1.53. The predicted octanol–water partition coefficient (Wildman–Crippen LogP) is 5.34. The number of rotatable bonds is 13. The summed E-state index contributed by atoms with van der Waals surface area (Å²) in [4.78, 5) is 11.6. The number of alkyl carbamates (subject to hydrolysis) is 1. The third kappa shape index (κ3) is 11.6. The van der Waals surface area contributed by atoms with E-state index in [-0.39, 0.29) is 11.2 Å². The first-order valence-electron chi connectivity index (χ1n) is 12.7.